The summed E-state index contributed by atoms with van der Waals surface area (Å²) >= 11 is 0. The van der Waals surface area contributed by atoms with E-state index in [1.165, 1.54) is 18.9 Å². The number of nitrogens with one attached hydrogen (secondary N) is 2. The molecule has 0 aliphatic carbocycles. The van der Waals surface area contributed by atoms with Crippen LogP contribution in [0.2, 0.25) is 0 Å². The highest BCUT2D eigenvalue weighted by molar-refractivity contribution is 6.07. The molecule has 9 rings (SSSR count). The molecule has 0 spiro atoms. The molecule has 3 fully saturated rings. The van der Waals surface area contributed by atoms with Crippen molar-refractivity contribution >= 4 is 50.3 Å². The summed E-state index contributed by atoms with van der Waals surface area (Å²) in [5.74, 6) is -0.472. The summed E-state index contributed by atoms with van der Waals surface area (Å²) in [6.45, 7) is 8.97. The van der Waals surface area contributed by atoms with Gasteiger partial charge in [-0.1, -0.05) is 25.6 Å². The van der Waals surface area contributed by atoms with E-state index in [9.17, 15) is 14.4 Å². The molecule has 2 amide bonds. The maximum absolute atomic E-state index is 16.5. The SMILES string of the molecule is C.CN1CCN(CCCNC(=O)c2cn3c4c(c(N5CC[C@@H](NC(=O)CCN6CCCC6)C5)c(F)cc4c2=O)Oc2cc4c(cc2-3)oc2ccccc24)CC1. The van der Waals surface area contributed by atoms with Crippen molar-refractivity contribution in [2.24, 2.45) is 0 Å². The number of piperazine rings is 1. The molecule has 0 saturated carbocycles. The topological polar surface area (TPSA) is 116 Å². The number of likely N-dealkylation sites (N-methyl/N-ethyl adjacent to an activating group) is 1. The van der Waals surface area contributed by atoms with Crippen LogP contribution in [0.1, 0.15) is 49.9 Å². The van der Waals surface area contributed by atoms with E-state index in [0.717, 1.165) is 69.6 Å². The molecule has 0 unspecified atom stereocenters. The van der Waals surface area contributed by atoms with Gasteiger partial charge in [-0.3, -0.25) is 14.4 Å². The lowest BCUT2D eigenvalue weighted by atomic mass is 10.0. The molecule has 0 radical (unpaired) electrons. The molecule has 5 aromatic rings. The normalized spacial score (nSPS) is 18.8. The third-order valence-electron chi connectivity index (χ3n) is 11.6. The first kappa shape index (κ1) is 37.0. The molecular formula is C42H50FN7O5. The van der Waals surface area contributed by atoms with Crippen LogP contribution in [0.25, 0.3) is 38.5 Å². The van der Waals surface area contributed by atoms with Gasteiger partial charge in [-0.2, -0.15) is 0 Å². The van der Waals surface area contributed by atoms with E-state index in [4.69, 9.17) is 9.15 Å². The molecule has 0 bridgehead atoms. The zero-order valence-corrected chi connectivity index (χ0v) is 30.7. The average molecular weight is 752 g/mol. The standard InChI is InChI=1S/C41H46FN7O5.CH4/c1-45-17-19-47(20-18-45)14-6-11-43-41(52)30-25-49-32-23-34-28(27-7-2-3-8-33(27)53-34)22-35(32)54-40-37(49)29(39(30)51)21-31(42)38(40)48-16-9-26(24-48)44-36(50)10-15-46-12-4-5-13-46;/h2-3,7-8,21-23,25-26H,4-6,9-20,24H2,1H3,(H,43,52)(H,44,50);1H4/t26-;/m1./s1. The van der Waals surface area contributed by atoms with Gasteiger partial charge in [0.2, 0.25) is 11.3 Å². The summed E-state index contributed by atoms with van der Waals surface area (Å²) in [4.78, 5) is 49.6. The van der Waals surface area contributed by atoms with Crippen molar-refractivity contribution in [2.75, 3.05) is 83.9 Å². The van der Waals surface area contributed by atoms with Gasteiger partial charge in [-0.25, -0.2) is 4.39 Å². The van der Waals surface area contributed by atoms with E-state index in [1.54, 1.807) is 10.8 Å². The minimum atomic E-state index is -0.620. The number of rotatable bonds is 10. The number of pyridine rings is 1. The van der Waals surface area contributed by atoms with Crippen molar-refractivity contribution in [3.8, 4) is 17.2 Å². The van der Waals surface area contributed by atoms with Crippen LogP contribution in [0.15, 0.2) is 57.9 Å². The number of nitrogens with zero attached hydrogens (tertiary/aromatic N) is 5. The molecule has 13 heteroatoms. The Morgan fingerprint density at radius 3 is 2.51 bits per heavy atom. The number of anilines is 1. The molecule has 1 atom stereocenters. The molecule has 2 aromatic heterocycles. The Kier molecular flexibility index (Phi) is 10.3. The van der Waals surface area contributed by atoms with Gasteiger partial charge in [0.15, 0.2) is 17.3 Å². The lowest BCUT2D eigenvalue weighted by molar-refractivity contribution is -0.121. The first-order valence-electron chi connectivity index (χ1n) is 19.3. The van der Waals surface area contributed by atoms with Gasteiger partial charge in [0.1, 0.15) is 27.9 Å². The van der Waals surface area contributed by atoms with Crippen molar-refractivity contribution in [1.29, 1.82) is 0 Å². The van der Waals surface area contributed by atoms with E-state index in [-0.39, 0.29) is 41.8 Å². The summed E-state index contributed by atoms with van der Waals surface area (Å²) < 4.78 is 31.1. The molecular weight excluding hydrogens is 702 g/mol. The van der Waals surface area contributed by atoms with Gasteiger partial charge in [0.25, 0.3) is 5.91 Å². The predicted octanol–water partition coefficient (Wildman–Crippen LogP) is 5.32. The fourth-order valence-corrected chi connectivity index (χ4v) is 8.60. The molecule has 6 heterocycles. The number of ether oxygens (including phenoxy) is 1. The third-order valence-corrected chi connectivity index (χ3v) is 11.6. The Hall–Kier alpha value is -4.98. The number of carbonyl (C=O) groups excluding carboxylic acids is 2. The summed E-state index contributed by atoms with van der Waals surface area (Å²) in [5.41, 5.74) is 1.88. The highest BCUT2D eigenvalue weighted by atomic mass is 19.1. The lowest BCUT2D eigenvalue weighted by Gasteiger charge is -2.32. The van der Waals surface area contributed by atoms with E-state index in [1.807, 2.05) is 41.3 Å². The maximum Gasteiger partial charge on any atom is 0.256 e. The van der Waals surface area contributed by atoms with Gasteiger partial charge in [-0.15, -0.1) is 0 Å². The number of aromatic nitrogens is 1. The minimum absolute atomic E-state index is 0. The van der Waals surface area contributed by atoms with Gasteiger partial charge in [0.05, 0.1) is 11.1 Å². The van der Waals surface area contributed by atoms with Crippen molar-refractivity contribution in [2.45, 2.75) is 45.6 Å². The summed E-state index contributed by atoms with van der Waals surface area (Å²) in [7, 11) is 2.12. The molecule has 290 valence electrons. The molecule has 12 nitrogen and oxygen atoms in total. The second-order valence-electron chi connectivity index (χ2n) is 15.2. The number of hydrogen-bond acceptors (Lipinski definition) is 9. The van der Waals surface area contributed by atoms with Crippen LogP contribution in [0.5, 0.6) is 11.5 Å². The van der Waals surface area contributed by atoms with Gasteiger partial charge in [0, 0.05) is 87.9 Å². The van der Waals surface area contributed by atoms with E-state index in [2.05, 4.69) is 32.4 Å². The first-order valence-corrected chi connectivity index (χ1v) is 19.3. The summed E-state index contributed by atoms with van der Waals surface area (Å²) in [6.07, 6.45) is 5.72. The minimum Gasteiger partial charge on any atom is -0.456 e. The third kappa shape index (κ3) is 7.05. The maximum atomic E-state index is 16.5. The van der Waals surface area contributed by atoms with E-state index >= 15 is 4.39 Å². The second-order valence-corrected chi connectivity index (χ2v) is 15.2. The molecule has 2 N–H and O–H groups in total. The average Bonchev–Trinajstić information content (AvgIpc) is 3.94. The summed E-state index contributed by atoms with van der Waals surface area (Å²) in [5, 5.41) is 7.90. The van der Waals surface area contributed by atoms with Crippen LogP contribution >= 0.6 is 0 Å². The van der Waals surface area contributed by atoms with Crippen molar-refractivity contribution in [1.82, 2.24) is 29.9 Å². The van der Waals surface area contributed by atoms with Crippen LogP contribution in [0.3, 0.4) is 0 Å². The number of furan rings is 1. The molecule has 4 aliphatic rings. The van der Waals surface area contributed by atoms with Crippen LogP contribution in [0, 0.1) is 5.82 Å². The molecule has 3 saturated heterocycles. The smallest absolute Gasteiger partial charge is 0.256 e. The molecule has 4 aliphatic heterocycles. The number of halogens is 1. The van der Waals surface area contributed by atoms with Crippen LogP contribution < -0.4 is 25.7 Å². The van der Waals surface area contributed by atoms with Crippen molar-refractivity contribution in [3.05, 3.63) is 70.3 Å². The highest BCUT2D eigenvalue weighted by Crippen LogP contribution is 2.49. The Morgan fingerprint density at radius 1 is 0.909 bits per heavy atom. The Balaban J connectivity index is 0.00000427. The predicted molar refractivity (Wildman–Crippen MR) is 214 cm³/mol. The van der Waals surface area contributed by atoms with Crippen molar-refractivity contribution in [3.63, 3.8) is 0 Å². The van der Waals surface area contributed by atoms with Gasteiger partial charge < -0.3 is 44.0 Å². The summed E-state index contributed by atoms with van der Waals surface area (Å²) in [6, 6.07) is 12.5. The van der Waals surface area contributed by atoms with Crippen LogP contribution in [-0.4, -0.2) is 116 Å². The Bertz CT molecular complexity index is 2330. The van der Waals surface area contributed by atoms with Crippen LogP contribution in [0.4, 0.5) is 10.1 Å². The second kappa shape index (κ2) is 15.3. The monoisotopic (exact) mass is 751 g/mol. The number of benzene rings is 3. The van der Waals surface area contributed by atoms with Crippen molar-refractivity contribution < 1.29 is 23.1 Å². The zero-order chi connectivity index (χ0) is 36.9. The first-order chi connectivity index (χ1) is 26.3. The number of para-hydroxylation sites is 1. The molecule has 3 aromatic carbocycles. The van der Waals surface area contributed by atoms with Crippen LogP contribution in [-0.2, 0) is 4.79 Å². The zero-order valence-electron chi connectivity index (χ0n) is 30.7. The highest BCUT2D eigenvalue weighted by Gasteiger charge is 2.34. The van der Waals surface area contributed by atoms with Gasteiger partial charge >= 0.3 is 0 Å². The fraction of sp³-hybridized carbons (Fsp3) is 0.452. The Labute approximate surface area is 319 Å². The number of hydrogen-bond donors (Lipinski definition) is 2. The van der Waals surface area contributed by atoms with E-state index in [0.29, 0.717) is 60.6 Å². The van der Waals surface area contributed by atoms with Gasteiger partial charge in [-0.05, 0) is 70.6 Å². The lowest BCUT2D eigenvalue weighted by Crippen LogP contribution is -2.45. The fourth-order valence-electron chi connectivity index (χ4n) is 8.60. The number of amides is 2. The largest absolute Gasteiger partial charge is 0.456 e. The number of carbonyl (C=O) groups is 2. The quantitative estimate of drug-likeness (QED) is 0.180. The Morgan fingerprint density at radius 2 is 1.69 bits per heavy atom. The number of fused-ring (bicyclic) bond motifs is 5. The number of likely N-dealkylation sites (tertiary alicyclic amines) is 1. The van der Waals surface area contributed by atoms with E-state index < -0.39 is 17.2 Å². The molecule has 55 heavy (non-hydrogen) atoms.